The van der Waals surface area contributed by atoms with Crippen molar-refractivity contribution in [2.24, 2.45) is 10.8 Å². The number of aromatic nitrogens is 1. The topological polar surface area (TPSA) is 87.2 Å². The predicted octanol–water partition coefficient (Wildman–Crippen LogP) is 3.44. The molecule has 0 radical (unpaired) electrons. The molecular formula is C15H17Cl2N5S. The summed E-state index contributed by atoms with van der Waals surface area (Å²) >= 11 is 7.83. The molecule has 1 aliphatic carbocycles. The number of halogens is 2. The zero-order valence-corrected chi connectivity index (χ0v) is 14.9. The van der Waals surface area contributed by atoms with Crippen molar-refractivity contribution in [1.29, 1.82) is 5.41 Å². The fourth-order valence-electron chi connectivity index (χ4n) is 2.85. The monoisotopic (exact) mass is 369 g/mol. The van der Waals surface area contributed by atoms with Crippen LogP contribution in [0, 0.1) is 12.3 Å². The number of aryl methyl sites for hydroxylation is 1. The molecular weight excluding hydrogens is 353 g/mol. The first-order chi connectivity index (χ1) is 10.6. The van der Waals surface area contributed by atoms with E-state index in [9.17, 15) is 0 Å². The van der Waals surface area contributed by atoms with Gasteiger partial charge in [-0.1, -0.05) is 11.6 Å². The maximum atomic E-state index is 7.30. The van der Waals surface area contributed by atoms with Gasteiger partial charge in [0.05, 0.1) is 15.7 Å². The molecule has 122 valence electrons. The van der Waals surface area contributed by atoms with Crippen LogP contribution in [0.3, 0.4) is 0 Å². The summed E-state index contributed by atoms with van der Waals surface area (Å²) in [5, 5.41) is 13.6. The molecule has 2 heterocycles. The van der Waals surface area contributed by atoms with Crippen LogP contribution < -0.4 is 11.2 Å². The number of nitrogens with one attached hydrogen (secondary N) is 2. The maximum absolute atomic E-state index is 7.30. The van der Waals surface area contributed by atoms with Gasteiger partial charge in [-0.2, -0.15) is 5.10 Å². The Morgan fingerprint density at radius 1 is 1.48 bits per heavy atom. The Labute approximate surface area is 149 Å². The number of hydrogen-bond acceptors (Lipinski definition) is 4. The second-order valence-corrected chi connectivity index (χ2v) is 6.81. The molecule has 0 aliphatic heterocycles. The number of rotatable bonds is 2. The highest BCUT2D eigenvalue weighted by atomic mass is 35.5. The van der Waals surface area contributed by atoms with Gasteiger partial charge in [-0.15, -0.1) is 23.7 Å². The molecule has 2 aromatic rings. The number of nitrogens with zero attached hydrogens (tertiary/aromatic N) is 2. The van der Waals surface area contributed by atoms with Crippen LogP contribution in [-0.4, -0.2) is 16.7 Å². The minimum absolute atomic E-state index is 0. The largest absolute Gasteiger partial charge is 0.369 e. The molecule has 1 atom stereocenters. The van der Waals surface area contributed by atoms with Crippen LogP contribution in [0.4, 0.5) is 0 Å². The van der Waals surface area contributed by atoms with Crippen LogP contribution in [0.5, 0.6) is 0 Å². The Kier molecular flexibility index (Phi) is 5.62. The summed E-state index contributed by atoms with van der Waals surface area (Å²) in [5.74, 6) is 0.0688. The average molecular weight is 370 g/mol. The fraction of sp³-hybridized carbons (Fsp3) is 0.267. The van der Waals surface area contributed by atoms with Gasteiger partial charge >= 0.3 is 0 Å². The van der Waals surface area contributed by atoms with Crippen LogP contribution in [0.2, 0.25) is 4.34 Å². The molecule has 0 saturated carbocycles. The number of guanidine groups is 1. The Hall–Kier alpha value is -1.63. The first-order valence-electron chi connectivity index (χ1n) is 6.90. The highest BCUT2D eigenvalue weighted by molar-refractivity contribution is 7.14. The summed E-state index contributed by atoms with van der Waals surface area (Å²) < 4.78 is 0.819. The number of pyridine rings is 1. The SMILES string of the molecule is Cc1ccnc2c1C(=NNC(=N)N)CC(c1ccsc1Cl)C2.Cl. The van der Waals surface area contributed by atoms with E-state index in [1.165, 1.54) is 11.3 Å². The lowest BCUT2D eigenvalue weighted by Gasteiger charge is -2.26. The van der Waals surface area contributed by atoms with Crippen molar-refractivity contribution in [2.45, 2.75) is 25.7 Å². The number of hydrogen-bond donors (Lipinski definition) is 3. The zero-order chi connectivity index (χ0) is 15.7. The lowest BCUT2D eigenvalue weighted by atomic mass is 9.81. The molecule has 0 amide bonds. The Morgan fingerprint density at radius 2 is 2.26 bits per heavy atom. The van der Waals surface area contributed by atoms with Gasteiger partial charge in [0, 0.05) is 11.8 Å². The van der Waals surface area contributed by atoms with Gasteiger partial charge in [-0.05, 0) is 54.3 Å². The molecule has 1 aliphatic rings. The molecule has 23 heavy (non-hydrogen) atoms. The van der Waals surface area contributed by atoms with Crippen LogP contribution in [0.15, 0.2) is 28.8 Å². The van der Waals surface area contributed by atoms with E-state index in [4.69, 9.17) is 22.7 Å². The molecule has 5 nitrogen and oxygen atoms in total. The third kappa shape index (κ3) is 3.65. The highest BCUT2D eigenvalue weighted by Gasteiger charge is 2.28. The van der Waals surface area contributed by atoms with Crippen molar-refractivity contribution in [1.82, 2.24) is 10.4 Å². The third-order valence-corrected chi connectivity index (χ3v) is 5.00. The van der Waals surface area contributed by atoms with Gasteiger partial charge in [0.1, 0.15) is 0 Å². The molecule has 8 heteroatoms. The molecule has 0 aromatic carbocycles. The molecule has 4 N–H and O–H groups in total. The molecule has 0 saturated heterocycles. The van der Waals surface area contributed by atoms with E-state index < -0.39 is 0 Å². The first-order valence-corrected chi connectivity index (χ1v) is 8.16. The Morgan fingerprint density at radius 3 is 2.91 bits per heavy atom. The summed E-state index contributed by atoms with van der Waals surface area (Å²) in [6.07, 6.45) is 3.41. The molecule has 0 bridgehead atoms. The summed E-state index contributed by atoms with van der Waals surface area (Å²) in [4.78, 5) is 4.51. The first kappa shape index (κ1) is 17.7. The third-order valence-electron chi connectivity index (χ3n) is 3.80. The number of thiophene rings is 1. The van der Waals surface area contributed by atoms with Crippen LogP contribution >= 0.6 is 35.3 Å². The zero-order valence-electron chi connectivity index (χ0n) is 12.5. The van der Waals surface area contributed by atoms with E-state index in [-0.39, 0.29) is 24.3 Å². The van der Waals surface area contributed by atoms with E-state index in [1.54, 1.807) is 0 Å². The van der Waals surface area contributed by atoms with Gasteiger partial charge in [-0.3, -0.25) is 10.4 Å². The smallest absolute Gasteiger partial charge is 0.206 e. The van der Waals surface area contributed by atoms with E-state index in [1.807, 2.05) is 24.6 Å². The molecule has 0 fully saturated rings. The lowest BCUT2D eigenvalue weighted by Crippen LogP contribution is -2.29. The van der Waals surface area contributed by atoms with Crippen molar-refractivity contribution in [2.75, 3.05) is 0 Å². The van der Waals surface area contributed by atoms with Gasteiger partial charge in [0.25, 0.3) is 0 Å². The lowest BCUT2D eigenvalue weighted by molar-refractivity contribution is 0.677. The minimum Gasteiger partial charge on any atom is -0.369 e. The number of hydrazone groups is 1. The van der Waals surface area contributed by atoms with Crippen molar-refractivity contribution < 1.29 is 0 Å². The second-order valence-electron chi connectivity index (χ2n) is 5.29. The standard InChI is InChI=1S/C15H16ClN5S.ClH/c1-8-2-4-19-11-6-9(10-3-5-22-14(10)16)7-12(13(8)11)20-21-15(17)18;/h2-5,9H,6-7H2,1H3,(H4,17,18,21);1H. The average Bonchev–Trinajstić information content (AvgIpc) is 2.90. The van der Waals surface area contributed by atoms with E-state index >= 15 is 0 Å². The molecule has 2 aromatic heterocycles. The quantitative estimate of drug-likeness (QED) is 0.430. The van der Waals surface area contributed by atoms with Crippen LogP contribution in [0.1, 0.15) is 34.7 Å². The predicted molar refractivity (Wildman–Crippen MR) is 98.2 cm³/mol. The summed E-state index contributed by atoms with van der Waals surface area (Å²) in [5.41, 5.74) is 13.1. The van der Waals surface area contributed by atoms with Crippen molar-refractivity contribution in [3.63, 3.8) is 0 Å². The van der Waals surface area contributed by atoms with Crippen LogP contribution in [-0.2, 0) is 6.42 Å². The number of nitrogens with two attached hydrogens (primary N) is 1. The molecule has 0 spiro atoms. The van der Waals surface area contributed by atoms with Gasteiger partial charge in [-0.25, -0.2) is 5.43 Å². The second kappa shape index (κ2) is 7.29. The summed E-state index contributed by atoms with van der Waals surface area (Å²) in [6, 6.07) is 4.04. The van der Waals surface area contributed by atoms with Gasteiger partial charge in [0.2, 0.25) is 5.96 Å². The van der Waals surface area contributed by atoms with Crippen LogP contribution in [0.25, 0.3) is 0 Å². The summed E-state index contributed by atoms with van der Waals surface area (Å²) in [7, 11) is 0. The minimum atomic E-state index is -0.175. The van der Waals surface area contributed by atoms with Crippen molar-refractivity contribution in [3.05, 3.63) is 50.4 Å². The molecule has 3 rings (SSSR count). The highest BCUT2D eigenvalue weighted by Crippen LogP contribution is 2.38. The van der Waals surface area contributed by atoms with Gasteiger partial charge in [0.15, 0.2) is 0 Å². The Balaban J connectivity index is 0.00000192. The molecule has 1 unspecified atom stereocenters. The fourth-order valence-corrected chi connectivity index (χ4v) is 3.93. The summed E-state index contributed by atoms with van der Waals surface area (Å²) in [6.45, 7) is 2.04. The van der Waals surface area contributed by atoms with Gasteiger partial charge < -0.3 is 5.73 Å². The van der Waals surface area contributed by atoms with Crippen molar-refractivity contribution in [3.8, 4) is 0 Å². The number of fused-ring (bicyclic) bond motifs is 1. The van der Waals surface area contributed by atoms with E-state index in [0.29, 0.717) is 0 Å². The van der Waals surface area contributed by atoms with Crippen molar-refractivity contribution >= 4 is 47.0 Å². The van der Waals surface area contributed by atoms with E-state index in [0.717, 1.165) is 45.3 Å². The normalized spacial score (nSPS) is 18.2. The Bertz CT molecular complexity index is 756. The maximum Gasteiger partial charge on any atom is 0.206 e. The van der Waals surface area contributed by atoms with E-state index in [2.05, 4.69) is 21.6 Å².